The number of aliphatic imine (C=N–C) groups is 1. The summed E-state index contributed by atoms with van der Waals surface area (Å²) in [5.74, 6) is 0. The van der Waals surface area contributed by atoms with Crippen molar-refractivity contribution in [2.45, 2.75) is 0 Å². The van der Waals surface area contributed by atoms with Crippen LogP contribution in [-0.2, 0) is 0 Å². The molecule has 0 bridgehead atoms. The lowest BCUT2D eigenvalue weighted by molar-refractivity contribution is 0.643. The third-order valence-electron chi connectivity index (χ3n) is 0.534. The Morgan fingerprint density at radius 3 is 2.67 bits per heavy atom. The minimum Gasteiger partial charge on any atom is -0.368 e. The molecule has 0 atom stereocenters. The molecule has 0 spiro atoms. The zero-order chi connectivity index (χ0) is 7.11. The van der Waals surface area contributed by atoms with Crippen LogP contribution in [0.4, 0.5) is 0 Å². The summed E-state index contributed by atoms with van der Waals surface area (Å²) in [4.78, 5) is 5.56. The Kier molecular flexibility index (Phi) is 4.33. The van der Waals surface area contributed by atoms with Gasteiger partial charge in [-0.25, -0.2) is 0 Å². The molecule has 0 aromatic heterocycles. The molecule has 0 saturated heterocycles. The summed E-state index contributed by atoms with van der Waals surface area (Å²) in [6, 6.07) is 5.11. The van der Waals surface area contributed by atoms with Gasteiger partial charge in [-0.15, -0.1) is 0 Å². The first kappa shape index (κ1) is 7.83. The topological polar surface area (TPSA) is 27.6 Å². The number of hydrogen-bond acceptors (Lipinski definition) is 2. The molecule has 0 aromatic rings. The summed E-state index contributed by atoms with van der Waals surface area (Å²) in [6.45, 7) is 0. The second kappa shape index (κ2) is 4.98. The molecule has 0 aromatic carbocycles. The molecule has 0 radical (unpaired) electrons. The maximum absolute atomic E-state index is 3.74. The van der Waals surface area contributed by atoms with Crippen LogP contribution in [0.15, 0.2) is 4.99 Å². The van der Waals surface area contributed by atoms with E-state index in [0.29, 0.717) is 0 Å². The van der Waals surface area contributed by atoms with Gasteiger partial charge in [0.2, 0.25) is 0 Å². The molecule has 3 nitrogen and oxygen atoms in total. The molecule has 0 fully saturated rings. The normalized spacial score (nSPS) is 8.33. The van der Waals surface area contributed by atoms with Gasteiger partial charge in [0.1, 0.15) is 6.34 Å². The fraction of sp³-hybridized carbons (Fsp3) is 0.500. The van der Waals surface area contributed by atoms with E-state index in [-0.39, 0.29) is 0 Å². The maximum atomic E-state index is 3.74. The van der Waals surface area contributed by atoms with Gasteiger partial charge in [0, 0.05) is 27.2 Å². The van der Waals surface area contributed by atoms with E-state index in [0.717, 1.165) is 0 Å². The van der Waals surface area contributed by atoms with E-state index in [4.69, 9.17) is 0 Å². The molecule has 0 heterocycles. The van der Waals surface area contributed by atoms with E-state index in [1.807, 2.05) is 19.0 Å². The number of hydrogen-bond donors (Lipinski definition) is 1. The molecular formula is C6H11N3. The molecule has 0 aliphatic carbocycles. The summed E-state index contributed by atoms with van der Waals surface area (Å²) in [7, 11) is 5.54. The Morgan fingerprint density at radius 2 is 2.22 bits per heavy atom. The molecule has 9 heavy (non-hydrogen) atoms. The van der Waals surface area contributed by atoms with Crippen LogP contribution in [0.5, 0.6) is 0 Å². The Morgan fingerprint density at radius 1 is 1.56 bits per heavy atom. The number of nitrogens with zero attached hydrogens (tertiary/aromatic N) is 2. The minimum atomic E-state index is 1.64. The fourth-order valence-electron chi connectivity index (χ4n) is 0.233. The third kappa shape index (κ3) is 6.83. The van der Waals surface area contributed by atoms with Gasteiger partial charge in [-0.05, 0) is 0 Å². The molecule has 0 rings (SSSR count). The largest absolute Gasteiger partial charge is 0.368 e. The number of rotatable bonds is 1. The fourth-order valence-corrected chi connectivity index (χ4v) is 0.233. The van der Waals surface area contributed by atoms with Crippen molar-refractivity contribution in [3.8, 4) is 12.1 Å². The lowest BCUT2D eigenvalue weighted by Crippen LogP contribution is -2.06. The number of nitrogens with one attached hydrogen (secondary N) is 1. The van der Waals surface area contributed by atoms with Gasteiger partial charge >= 0.3 is 0 Å². The van der Waals surface area contributed by atoms with Gasteiger partial charge in [-0.1, -0.05) is 0 Å². The van der Waals surface area contributed by atoms with Gasteiger partial charge in [-0.3, -0.25) is 0 Å². The lowest BCUT2D eigenvalue weighted by atomic mass is 10.9. The Hall–Kier alpha value is -1.17. The Bertz CT molecular complexity index is 138. The highest BCUT2D eigenvalue weighted by molar-refractivity contribution is 5.55. The van der Waals surface area contributed by atoms with E-state index in [2.05, 4.69) is 22.4 Å². The summed E-state index contributed by atoms with van der Waals surface area (Å²) >= 11 is 0. The van der Waals surface area contributed by atoms with Crippen molar-refractivity contribution < 1.29 is 0 Å². The van der Waals surface area contributed by atoms with Crippen LogP contribution in [0.3, 0.4) is 0 Å². The SMILES string of the molecule is CNC#CN=CN(C)C. The molecule has 0 amide bonds. The van der Waals surface area contributed by atoms with Crippen molar-refractivity contribution in [1.29, 1.82) is 0 Å². The molecular weight excluding hydrogens is 114 g/mol. The second-order valence-electron chi connectivity index (χ2n) is 1.69. The predicted octanol–water partition coefficient (Wildman–Crippen LogP) is -0.286. The quantitative estimate of drug-likeness (QED) is 0.226. The van der Waals surface area contributed by atoms with Gasteiger partial charge in [0.15, 0.2) is 0 Å². The van der Waals surface area contributed by atoms with Gasteiger partial charge in [-0.2, -0.15) is 4.99 Å². The summed E-state index contributed by atoms with van der Waals surface area (Å²) in [5, 5.41) is 2.65. The minimum absolute atomic E-state index is 1.64. The molecule has 50 valence electrons. The van der Waals surface area contributed by atoms with Crippen LogP contribution < -0.4 is 5.32 Å². The van der Waals surface area contributed by atoms with E-state index < -0.39 is 0 Å². The van der Waals surface area contributed by atoms with Crippen LogP contribution in [0.25, 0.3) is 0 Å². The molecule has 3 heteroatoms. The zero-order valence-corrected chi connectivity index (χ0v) is 5.97. The standard InChI is InChI=1S/C6H11N3/c1-7-4-5-8-6-9(2)3/h6-7H,1-3H3. The van der Waals surface area contributed by atoms with E-state index >= 15 is 0 Å². The molecule has 0 saturated carbocycles. The van der Waals surface area contributed by atoms with Crippen molar-refractivity contribution in [2.75, 3.05) is 21.1 Å². The highest BCUT2D eigenvalue weighted by Gasteiger charge is 1.70. The maximum Gasteiger partial charge on any atom is 0.101 e. The van der Waals surface area contributed by atoms with Crippen molar-refractivity contribution in [3.63, 3.8) is 0 Å². The van der Waals surface area contributed by atoms with Crippen LogP contribution in [0.2, 0.25) is 0 Å². The average molecular weight is 125 g/mol. The second-order valence-corrected chi connectivity index (χ2v) is 1.69. The van der Waals surface area contributed by atoms with Crippen LogP contribution >= 0.6 is 0 Å². The first-order valence-electron chi connectivity index (χ1n) is 2.63. The predicted molar refractivity (Wildman–Crippen MR) is 39.0 cm³/mol. The van der Waals surface area contributed by atoms with Crippen molar-refractivity contribution in [3.05, 3.63) is 0 Å². The van der Waals surface area contributed by atoms with Crippen LogP contribution in [-0.4, -0.2) is 32.4 Å². The zero-order valence-electron chi connectivity index (χ0n) is 5.97. The summed E-state index contributed by atoms with van der Waals surface area (Å²) in [6.07, 6.45) is 1.64. The Balaban J connectivity index is 3.47. The molecule has 1 N–H and O–H groups in total. The van der Waals surface area contributed by atoms with Crippen LogP contribution in [0, 0.1) is 12.1 Å². The lowest BCUT2D eigenvalue weighted by Gasteiger charge is -1.98. The van der Waals surface area contributed by atoms with Gasteiger partial charge in [0.25, 0.3) is 0 Å². The van der Waals surface area contributed by atoms with Gasteiger partial charge in [0.05, 0.1) is 6.04 Å². The average Bonchev–Trinajstić information content (AvgIpc) is 1.80. The summed E-state index contributed by atoms with van der Waals surface area (Å²) in [5.41, 5.74) is 0. The highest BCUT2D eigenvalue weighted by Crippen LogP contribution is 1.63. The van der Waals surface area contributed by atoms with E-state index in [1.54, 1.807) is 13.4 Å². The third-order valence-corrected chi connectivity index (χ3v) is 0.534. The van der Waals surface area contributed by atoms with Crippen molar-refractivity contribution >= 4 is 6.34 Å². The first-order chi connectivity index (χ1) is 4.27. The van der Waals surface area contributed by atoms with Crippen LogP contribution in [0.1, 0.15) is 0 Å². The Labute approximate surface area is 55.8 Å². The summed E-state index contributed by atoms with van der Waals surface area (Å²) < 4.78 is 0. The molecule has 0 unspecified atom stereocenters. The smallest absolute Gasteiger partial charge is 0.101 e. The highest BCUT2D eigenvalue weighted by atomic mass is 15.1. The van der Waals surface area contributed by atoms with Crippen molar-refractivity contribution in [2.24, 2.45) is 4.99 Å². The monoisotopic (exact) mass is 125 g/mol. The first-order valence-corrected chi connectivity index (χ1v) is 2.63. The molecule has 0 aliphatic rings. The van der Waals surface area contributed by atoms with E-state index in [9.17, 15) is 0 Å². The van der Waals surface area contributed by atoms with Crippen molar-refractivity contribution in [1.82, 2.24) is 10.2 Å². The van der Waals surface area contributed by atoms with Gasteiger partial charge < -0.3 is 10.2 Å². The van der Waals surface area contributed by atoms with E-state index in [1.165, 1.54) is 0 Å². The molecule has 0 aliphatic heterocycles.